The van der Waals surface area contributed by atoms with Gasteiger partial charge in [0.1, 0.15) is 8.07 Å². The largest absolute Gasteiger partial charge is 0.512 e. The van der Waals surface area contributed by atoms with Crippen LogP contribution in [0.1, 0.15) is 13.8 Å². The maximum atomic E-state index is 10.0. The average molecular weight is 659 g/mol. The van der Waals surface area contributed by atoms with Crippen molar-refractivity contribution in [2.75, 3.05) is 0 Å². The van der Waals surface area contributed by atoms with E-state index >= 15 is 0 Å². The maximum Gasteiger partial charge on any atom is 0.155 e. The van der Waals surface area contributed by atoms with E-state index in [0.717, 1.165) is 16.6 Å². The molecule has 0 fully saturated rings. The third-order valence-corrected chi connectivity index (χ3v) is 10.8. The molecule has 3 heterocycles. The number of ketones is 1. The van der Waals surface area contributed by atoms with E-state index in [1.54, 1.807) is 5.19 Å². The molecule has 0 saturated carbocycles. The molecule has 34 heavy (non-hydrogen) atoms. The van der Waals surface area contributed by atoms with E-state index in [-0.39, 0.29) is 31.6 Å². The molecule has 0 bridgehead atoms. The van der Waals surface area contributed by atoms with Crippen LogP contribution in [0.4, 0.5) is 0 Å². The molecular weight excluding hydrogens is 635 g/mol. The van der Waals surface area contributed by atoms with E-state index in [1.165, 1.54) is 51.4 Å². The van der Waals surface area contributed by atoms with Crippen LogP contribution in [-0.2, 0) is 24.9 Å². The van der Waals surface area contributed by atoms with Crippen LogP contribution in [0.15, 0.2) is 82.4 Å². The number of hydrogen-bond donors (Lipinski definition) is 1. The summed E-state index contributed by atoms with van der Waals surface area (Å²) in [5.41, 5.74) is 5.06. The van der Waals surface area contributed by atoms with Crippen molar-refractivity contribution in [3.63, 3.8) is 0 Å². The van der Waals surface area contributed by atoms with Crippen molar-refractivity contribution in [1.29, 1.82) is 0 Å². The van der Waals surface area contributed by atoms with Crippen LogP contribution in [0.2, 0.25) is 13.1 Å². The fourth-order valence-corrected chi connectivity index (χ4v) is 9.05. The van der Waals surface area contributed by atoms with E-state index in [1.807, 2.05) is 18.0 Å². The summed E-state index contributed by atoms with van der Waals surface area (Å²) in [5, 5.41) is 13.8. The Morgan fingerprint density at radius 1 is 1.00 bits per heavy atom. The molecular formula is C28H24IrNO2SSi-. The molecule has 0 aliphatic carbocycles. The molecule has 0 saturated heterocycles. The molecule has 2 aliphatic rings. The van der Waals surface area contributed by atoms with Gasteiger partial charge in [-0.25, -0.2) is 0 Å². The number of hydrogen-bond acceptors (Lipinski definition) is 4. The third-order valence-electron chi connectivity index (χ3n) is 6.20. The van der Waals surface area contributed by atoms with Gasteiger partial charge >= 0.3 is 0 Å². The summed E-state index contributed by atoms with van der Waals surface area (Å²) >= 11 is 1.87. The summed E-state index contributed by atoms with van der Waals surface area (Å²) in [6.45, 7) is 7.77. The zero-order chi connectivity index (χ0) is 23.3. The van der Waals surface area contributed by atoms with Crippen molar-refractivity contribution in [1.82, 2.24) is 4.98 Å². The van der Waals surface area contributed by atoms with E-state index in [4.69, 9.17) is 10.1 Å². The molecule has 4 aromatic rings. The first-order valence-corrected chi connectivity index (χ1v) is 14.7. The van der Waals surface area contributed by atoms with Gasteiger partial charge < -0.3 is 5.11 Å². The zero-order valence-corrected chi connectivity index (χ0v) is 23.6. The van der Waals surface area contributed by atoms with Gasteiger partial charge in [-0.15, -0.1) is 35.3 Å². The molecule has 0 unspecified atom stereocenters. The molecule has 1 N–H and O–H groups in total. The molecule has 1 aromatic heterocycles. The predicted molar refractivity (Wildman–Crippen MR) is 139 cm³/mol. The van der Waals surface area contributed by atoms with Gasteiger partial charge in [0, 0.05) is 43.0 Å². The van der Waals surface area contributed by atoms with Crippen LogP contribution < -0.4 is 10.4 Å². The zero-order valence-electron chi connectivity index (χ0n) is 19.4. The Morgan fingerprint density at radius 2 is 1.74 bits per heavy atom. The van der Waals surface area contributed by atoms with E-state index in [2.05, 4.69) is 73.8 Å². The number of aromatic nitrogens is 1. The molecule has 0 atom stereocenters. The number of nitrogens with zero attached hydrogens (tertiary/aromatic N) is 1. The van der Waals surface area contributed by atoms with Gasteiger partial charge in [0.25, 0.3) is 0 Å². The molecule has 1 radical (unpaired) electrons. The van der Waals surface area contributed by atoms with Gasteiger partial charge in [-0.1, -0.05) is 59.6 Å². The van der Waals surface area contributed by atoms with Crippen molar-refractivity contribution in [2.24, 2.45) is 0 Å². The van der Waals surface area contributed by atoms with Gasteiger partial charge in [-0.2, -0.15) is 0 Å². The van der Waals surface area contributed by atoms with Crippen molar-refractivity contribution in [3.8, 4) is 22.4 Å². The molecule has 6 heteroatoms. The van der Waals surface area contributed by atoms with Crippen LogP contribution >= 0.6 is 11.8 Å². The number of fused-ring (bicyclic) bond motifs is 3. The van der Waals surface area contributed by atoms with Gasteiger partial charge in [0.2, 0.25) is 0 Å². The summed E-state index contributed by atoms with van der Waals surface area (Å²) in [4.78, 5) is 17.5. The molecule has 0 amide bonds. The van der Waals surface area contributed by atoms with Gasteiger partial charge in [0.05, 0.1) is 5.76 Å². The Bertz CT molecular complexity index is 1480. The molecule has 173 valence electrons. The third kappa shape index (κ3) is 4.09. The summed E-state index contributed by atoms with van der Waals surface area (Å²) in [5.74, 6) is -0.0625. The Morgan fingerprint density at radius 3 is 2.44 bits per heavy atom. The summed E-state index contributed by atoms with van der Waals surface area (Å²) in [6, 6.07) is 23.6. The minimum Gasteiger partial charge on any atom is -0.512 e. The Hall–Kier alpha value is -2.50. The standard InChI is InChI=1S/C23H16NSSi.C5H8O2.Ir/c1-26(2)19-9-5-8-17-21(19)22-20(26)10-11-24-23(22)16-12-14-6-3-4-7-15(14)13-18(16)25-17;1-4(6)3-5(2)7;/h3-11,13H,1-2H3;3,6H,1-2H3;/q-1;;/b;4-3-;. The van der Waals surface area contributed by atoms with Gasteiger partial charge in [-0.05, 0) is 47.2 Å². The van der Waals surface area contributed by atoms with Crippen molar-refractivity contribution < 1.29 is 30.0 Å². The Labute approximate surface area is 218 Å². The topological polar surface area (TPSA) is 50.2 Å². The van der Waals surface area contributed by atoms with Crippen LogP contribution in [-0.4, -0.2) is 23.9 Å². The molecule has 6 rings (SSSR count). The normalized spacial score (nSPS) is 14.2. The number of aliphatic hydroxyl groups excluding tert-OH is 1. The second-order valence-electron chi connectivity index (χ2n) is 8.98. The number of rotatable bonds is 1. The molecule has 3 nitrogen and oxygen atoms in total. The second-order valence-corrected chi connectivity index (χ2v) is 14.4. The second kappa shape index (κ2) is 9.27. The number of carbonyl (C=O) groups is 1. The van der Waals surface area contributed by atoms with Crippen molar-refractivity contribution in [2.45, 2.75) is 36.7 Å². The minimum absolute atomic E-state index is 0. The molecule has 2 aliphatic heterocycles. The molecule has 0 spiro atoms. The monoisotopic (exact) mass is 659 g/mol. The first-order chi connectivity index (χ1) is 15.8. The van der Waals surface area contributed by atoms with E-state index < -0.39 is 8.07 Å². The van der Waals surface area contributed by atoms with E-state index in [0.29, 0.717) is 0 Å². The summed E-state index contributed by atoms with van der Waals surface area (Å²) < 4.78 is 0. The molecule has 3 aromatic carbocycles. The number of pyridine rings is 1. The number of aliphatic hydroxyl groups is 1. The van der Waals surface area contributed by atoms with Gasteiger partial charge in [0.15, 0.2) is 5.78 Å². The van der Waals surface area contributed by atoms with Crippen molar-refractivity contribution in [3.05, 3.63) is 78.7 Å². The van der Waals surface area contributed by atoms with Crippen LogP contribution in [0.25, 0.3) is 33.2 Å². The fraction of sp³-hybridized carbons (Fsp3) is 0.143. The van der Waals surface area contributed by atoms with Crippen LogP contribution in [0.5, 0.6) is 0 Å². The summed E-state index contributed by atoms with van der Waals surface area (Å²) in [6.07, 6.45) is 3.16. The Kier molecular flexibility index (Phi) is 6.71. The number of benzene rings is 3. The van der Waals surface area contributed by atoms with Gasteiger partial charge in [-0.3, -0.25) is 9.78 Å². The number of carbonyl (C=O) groups excluding carboxylic acids is 1. The van der Waals surface area contributed by atoms with E-state index in [9.17, 15) is 4.79 Å². The van der Waals surface area contributed by atoms with Crippen molar-refractivity contribution >= 4 is 46.8 Å². The first-order valence-electron chi connectivity index (χ1n) is 10.9. The minimum atomic E-state index is -1.67. The fourth-order valence-electron chi connectivity index (χ4n) is 4.78. The average Bonchev–Trinajstić information content (AvgIpc) is 2.92. The first kappa shape index (κ1) is 24.6. The predicted octanol–water partition coefficient (Wildman–Crippen LogP) is 6.00. The SMILES string of the molecule is CC(=O)/C=C(/C)O.C[Si]1(C)c2cccc3c2-c2c1ccnc2-c1[c-]c2ccccc2cc1S3.[Ir]. The Balaban J connectivity index is 0.000000303. The quantitative estimate of drug-likeness (QED) is 0.104. The number of allylic oxidation sites excluding steroid dienone is 2. The summed E-state index contributed by atoms with van der Waals surface area (Å²) in [7, 11) is -1.67. The smallest absolute Gasteiger partial charge is 0.155 e. The van der Waals surface area contributed by atoms with Crippen LogP contribution in [0, 0.1) is 6.07 Å². The maximum absolute atomic E-state index is 10.0. The van der Waals surface area contributed by atoms with Crippen LogP contribution in [0.3, 0.4) is 0 Å².